The molecule has 5 rings (SSSR count). The van der Waals surface area contributed by atoms with Gasteiger partial charge in [0.1, 0.15) is 11.2 Å². The van der Waals surface area contributed by atoms with E-state index in [1.54, 1.807) is 0 Å². The van der Waals surface area contributed by atoms with Crippen LogP contribution in [0.4, 0.5) is 0 Å². The summed E-state index contributed by atoms with van der Waals surface area (Å²) < 4.78 is 8.72. The van der Waals surface area contributed by atoms with E-state index in [2.05, 4.69) is 49.4 Å². The van der Waals surface area contributed by atoms with Crippen molar-refractivity contribution in [3.63, 3.8) is 0 Å². The van der Waals surface area contributed by atoms with Gasteiger partial charge in [-0.05, 0) is 30.7 Å². The molecule has 0 amide bonds. The third-order valence-electron chi connectivity index (χ3n) is 4.19. The SMILES string of the molecule is Cc1cccc2c1sc1cc3c(cc12)oc1ccccc13. The van der Waals surface area contributed by atoms with Gasteiger partial charge in [-0.1, -0.05) is 36.4 Å². The van der Waals surface area contributed by atoms with Crippen LogP contribution in [-0.2, 0) is 0 Å². The first kappa shape index (κ1) is 11.4. The quantitative estimate of drug-likeness (QED) is 0.327. The zero-order valence-electron chi connectivity index (χ0n) is 11.5. The van der Waals surface area contributed by atoms with Gasteiger partial charge in [0.2, 0.25) is 0 Å². The normalized spacial score (nSPS) is 12.0. The number of para-hydroxylation sites is 1. The molecular weight excluding hydrogens is 276 g/mol. The van der Waals surface area contributed by atoms with Crippen molar-refractivity contribution in [2.24, 2.45) is 0 Å². The van der Waals surface area contributed by atoms with Crippen LogP contribution in [-0.4, -0.2) is 0 Å². The molecule has 0 spiro atoms. The van der Waals surface area contributed by atoms with Gasteiger partial charge in [-0.2, -0.15) is 0 Å². The summed E-state index contributed by atoms with van der Waals surface area (Å²) in [5, 5.41) is 5.04. The average molecular weight is 288 g/mol. The highest BCUT2D eigenvalue weighted by molar-refractivity contribution is 7.26. The molecule has 0 aliphatic rings. The van der Waals surface area contributed by atoms with Gasteiger partial charge in [-0.25, -0.2) is 0 Å². The van der Waals surface area contributed by atoms with E-state index >= 15 is 0 Å². The number of furan rings is 1. The molecule has 0 bridgehead atoms. The predicted octanol–water partition coefficient (Wildman–Crippen LogP) is 6.26. The maximum atomic E-state index is 6.01. The fraction of sp³-hybridized carbons (Fsp3) is 0.0526. The van der Waals surface area contributed by atoms with Crippen LogP contribution in [0.5, 0.6) is 0 Å². The summed E-state index contributed by atoms with van der Waals surface area (Å²) in [6, 6.07) is 19.2. The number of fused-ring (bicyclic) bond motifs is 6. The van der Waals surface area contributed by atoms with E-state index in [0.29, 0.717) is 0 Å². The molecule has 0 saturated carbocycles. The lowest BCUT2D eigenvalue weighted by Gasteiger charge is -1.94. The summed E-state index contributed by atoms with van der Waals surface area (Å²) in [5.41, 5.74) is 3.28. The fourth-order valence-corrected chi connectivity index (χ4v) is 4.35. The molecule has 0 fully saturated rings. The summed E-state index contributed by atoms with van der Waals surface area (Å²) >= 11 is 1.87. The molecule has 0 unspecified atom stereocenters. The number of hydrogen-bond acceptors (Lipinski definition) is 2. The van der Waals surface area contributed by atoms with Crippen LogP contribution in [0.3, 0.4) is 0 Å². The van der Waals surface area contributed by atoms with Crippen LogP contribution in [0, 0.1) is 6.92 Å². The lowest BCUT2D eigenvalue weighted by Crippen LogP contribution is -1.71. The summed E-state index contributed by atoms with van der Waals surface area (Å²) in [6.07, 6.45) is 0. The largest absolute Gasteiger partial charge is 0.456 e. The van der Waals surface area contributed by atoms with Crippen LogP contribution in [0.25, 0.3) is 42.1 Å². The van der Waals surface area contributed by atoms with Crippen LogP contribution < -0.4 is 0 Å². The van der Waals surface area contributed by atoms with Crippen molar-refractivity contribution in [2.75, 3.05) is 0 Å². The van der Waals surface area contributed by atoms with E-state index in [0.717, 1.165) is 11.2 Å². The Hall–Kier alpha value is -2.32. The molecule has 2 heteroatoms. The Bertz CT molecular complexity index is 1140. The van der Waals surface area contributed by atoms with Crippen molar-refractivity contribution in [1.82, 2.24) is 0 Å². The molecule has 3 aromatic carbocycles. The molecule has 0 saturated heterocycles. The lowest BCUT2D eigenvalue weighted by atomic mass is 10.1. The highest BCUT2D eigenvalue weighted by atomic mass is 32.1. The molecule has 0 N–H and O–H groups in total. The molecule has 0 aliphatic heterocycles. The predicted molar refractivity (Wildman–Crippen MR) is 91.3 cm³/mol. The first-order valence-corrected chi connectivity index (χ1v) is 7.86. The summed E-state index contributed by atoms with van der Waals surface area (Å²) in [6.45, 7) is 2.18. The monoisotopic (exact) mass is 288 g/mol. The van der Waals surface area contributed by atoms with Gasteiger partial charge in [0.25, 0.3) is 0 Å². The van der Waals surface area contributed by atoms with Gasteiger partial charge in [-0.15, -0.1) is 11.3 Å². The van der Waals surface area contributed by atoms with E-state index in [-0.39, 0.29) is 0 Å². The molecule has 21 heavy (non-hydrogen) atoms. The number of hydrogen-bond donors (Lipinski definition) is 0. The molecule has 2 heterocycles. The van der Waals surface area contributed by atoms with Crippen molar-refractivity contribution in [2.45, 2.75) is 6.92 Å². The Kier molecular flexibility index (Phi) is 2.09. The zero-order valence-corrected chi connectivity index (χ0v) is 12.3. The van der Waals surface area contributed by atoms with Crippen LogP contribution in [0.2, 0.25) is 0 Å². The number of benzene rings is 3. The van der Waals surface area contributed by atoms with Gasteiger partial charge in [0, 0.05) is 30.9 Å². The van der Waals surface area contributed by atoms with E-state index < -0.39 is 0 Å². The molecule has 5 aromatic rings. The van der Waals surface area contributed by atoms with E-state index in [4.69, 9.17) is 4.42 Å². The molecule has 0 aliphatic carbocycles. The zero-order chi connectivity index (χ0) is 14.0. The Morgan fingerprint density at radius 2 is 1.62 bits per heavy atom. The Morgan fingerprint density at radius 1 is 0.762 bits per heavy atom. The van der Waals surface area contributed by atoms with Crippen LogP contribution >= 0.6 is 11.3 Å². The van der Waals surface area contributed by atoms with Gasteiger partial charge >= 0.3 is 0 Å². The second kappa shape index (κ2) is 3.86. The molecule has 0 radical (unpaired) electrons. The van der Waals surface area contributed by atoms with Crippen molar-refractivity contribution >= 4 is 53.4 Å². The summed E-state index contributed by atoms with van der Waals surface area (Å²) in [4.78, 5) is 0. The van der Waals surface area contributed by atoms with Crippen molar-refractivity contribution in [1.29, 1.82) is 0 Å². The number of thiophene rings is 1. The maximum absolute atomic E-state index is 6.01. The maximum Gasteiger partial charge on any atom is 0.136 e. The first-order chi connectivity index (χ1) is 10.3. The molecule has 100 valence electrons. The Balaban J connectivity index is 2.03. The fourth-order valence-electron chi connectivity index (χ4n) is 3.16. The van der Waals surface area contributed by atoms with E-state index in [1.807, 2.05) is 23.5 Å². The number of aryl methyl sites for hydroxylation is 1. The minimum absolute atomic E-state index is 0.964. The Morgan fingerprint density at radius 3 is 2.57 bits per heavy atom. The smallest absolute Gasteiger partial charge is 0.136 e. The topological polar surface area (TPSA) is 13.1 Å². The summed E-state index contributed by atoms with van der Waals surface area (Å²) in [7, 11) is 0. The van der Waals surface area contributed by atoms with Gasteiger partial charge in [-0.3, -0.25) is 0 Å². The van der Waals surface area contributed by atoms with Crippen LogP contribution in [0.1, 0.15) is 5.56 Å². The Labute approximate surface area is 125 Å². The van der Waals surface area contributed by atoms with E-state index in [1.165, 1.54) is 36.5 Å². The third kappa shape index (κ3) is 1.45. The van der Waals surface area contributed by atoms with Gasteiger partial charge in [0.05, 0.1) is 0 Å². The van der Waals surface area contributed by atoms with E-state index in [9.17, 15) is 0 Å². The lowest BCUT2D eigenvalue weighted by molar-refractivity contribution is 0.669. The second-order valence-corrected chi connectivity index (χ2v) is 6.55. The third-order valence-corrected chi connectivity index (χ3v) is 5.50. The first-order valence-electron chi connectivity index (χ1n) is 7.04. The van der Waals surface area contributed by atoms with Crippen molar-refractivity contribution in [3.05, 3.63) is 60.2 Å². The molecule has 1 nitrogen and oxygen atoms in total. The minimum Gasteiger partial charge on any atom is -0.456 e. The molecular formula is C19H12OS. The summed E-state index contributed by atoms with van der Waals surface area (Å²) in [5.74, 6) is 0. The van der Waals surface area contributed by atoms with Crippen LogP contribution in [0.15, 0.2) is 59.0 Å². The molecule has 0 atom stereocenters. The second-order valence-electron chi connectivity index (χ2n) is 5.50. The van der Waals surface area contributed by atoms with Gasteiger partial charge in [0.15, 0.2) is 0 Å². The highest BCUT2D eigenvalue weighted by Crippen LogP contribution is 2.40. The highest BCUT2D eigenvalue weighted by Gasteiger charge is 2.12. The number of rotatable bonds is 0. The standard InChI is InChI=1S/C19H12OS/c1-11-5-4-7-13-15-9-17-14(10-18(15)21-19(11)13)12-6-2-3-8-16(12)20-17/h2-10H,1H3. The van der Waals surface area contributed by atoms with Gasteiger partial charge < -0.3 is 4.42 Å². The van der Waals surface area contributed by atoms with Crippen molar-refractivity contribution < 1.29 is 4.42 Å². The van der Waals surface area contributed by atoms with Crippen molar-refractivity contribution in [3.8, 4) is 0 Å². The average Bonchev–Trinajstić information content (AvgIpc) is 3.04. The molecule has 2 aromatic heterocycles. The minimum atomic E-state index is 0.964.